The Morgan fingerprint density at radius 3 is 2.39 bits per heavy atom. The molecule has 0 radical (unpaired) electrons. The molecular formula is C16H13NO. The molecule has 0 aromatic heterocycles. The highest BCUT2D eigenvalue weighted by Crippen LogP contribution is 2.30. The second kappa shape index (κ2) is 4.57. The first-order valence-corrected chi connectivity index (χ1v) is 6.06. The Kier molecular flexibility index (Phi) is 2.77. The standard InChI is InChI=1S/C16H13NO/c18-17-16-11-14-7-2-1-5-12(14)9-10-13-6-3-4-8-15(13)16/h1-10,16H,11H2/b10-9-. The van der Waals surface area contributed by atoms with Crippen molar-refractivity contribution in [1.29, 1.82) is 0 Å². The molecule has 1 aliphatic carbocycles. The zero-order valence-electron chi connectivity index (χ0n) is 9.91. The molecule has 88 valence electrons. The van der Waals surface area contributed by atoms with Gasteiger partial charge in [-0.3, -0.25) is 0 Å². The summed E-state index contributed by atoms with van der Waals surface area (Å²) in [5, 5.41) is 3.31. The van der Waals surface area contributed by atoms with Crippen molar-refractivity contribution in [2.45, 2.75) is 12.5 Å². The highest BCUT2D eigenvalue weighted by molar-refractivity contribution is 5.74. The smallest absolute Gasteiger partial charge is 0.121 e. The summed E-state index contributed by atoms with van der Waals surface area (Å²) >= 11 is 0. The molecule has 3 rings (SSSR count). The average molecular weight is 235 g/mol. The van der Waals surface area contributed by atoms with Gasteiger partial charge in [-0.25, -0.2) is 0 Å². The molecule has 18 heavy (non-hydrogen) atoms. The predicted molar refractivity (Wildman–Crippen MR) is 74.1 cm³/mol. The number of nitroso groups, excluding NO2 is 1. The minimum atomic E-state index is -0.299. The van der Waals surface area contributed by atoms with Crippen molar-refractivity contribution < 1.29 is 0 Å². The van der Waals surface area contributed by atoms with E-state index in [9.17, 15) is 4.91 Å². The molecule has 1 aliphatic rings. The highest BCUT2D eigenvalue weighted by Gasteiger charge is 2.18. The van der Waals surface area contributed by atoms with E-state index in [0.717, 1.165) is 11.1 Å². The Morgan fingerprint density at radius 1 is 0.889 bits per heavy atom. The van der Waals surface area contributed by atoms with E-state index in [1.54, 1.807) is 0 Å². The molecule has 2 heteroatoms. The van der Waals surface area contributed by atoms with Gasteiger partial charge in [-0.2, -0.15) is 4.91 Å². The Labute approximate surface area is 106 Å². The maximum Gasteiger partial charge on any atom is 0.121 e. The Hall–Kier alpha value is -2.22. The van der Waals surface area contributed by atoms with Crippen LogP contribution in [0.15, 0.2) is 53.7 Å². The lowest BCUT2D eigenvalue weighted by molar-refractivity contribution is 0.715. The first-order chi connectivity index (χ1) is 8.88. The van der Waals surface area contributed by atoms with Crippen LogP contribution in [0, 0.1) is 4.91 Å². The second-order valence-electron chi connectivity index (χ2n) is 4.49. The Balaban J connectivity index is 2.18. The lowest BCUT2D eigenvalue weighted by Crippen LogP contribution is -2.04. The second-order valence-corrected chi connectivity index (χ2v) is 4.49. The van der Waals surface area contributed by atoms with Crippen molar-refractivity contribution in [2.75, 3.05) is 0 Å². The zero-order chi connectivity index (χ0) is 12.4. The normalized spacial score (nSPS) is 19.0. The number of hydrogen-bond acceptors (Lipinski definition) is 2. The van der Waals surface area contributed by atoms with Gasteiger partial charge in [0, 0.05) is 6.42 Å². The van der Waals surface area contributed by atoms with Crippen molar-refractivity contribution in [1.82, 2.24) is 0 Å². The molecule has 0 saturated heterocycles. The van der Waals surface area contributed by atoms with E-state index in [1.165, 1.54) is 11.1 Å². The van der Waals surface area contributed by atoms with Crippen LogP contribution in [-0.2, 0) is 6.42 Å². The zero-order valence-corrected chi connectivity index (χ0v) is 9.91. The minimum absolute atomic E-state index is 0.299. The number of benzene rings is 2. The van der Waals surface area contributed by atoms with Crippen LogP contribution in [0.2, 0.25) is 0 Å². The van der Waals surface area contributed by atoms with E-state index in [1.807, 2.05) is 36.4 Å². The monoisotopic (exact) mass is 235 g/mol. The first kappa shape index (κ1) is 10.9. The lowest BCUT2D eigenvalue weighted by Gasteiger charge is -2.16. The summed E-state index contributed by atoms with van der Waals surface area (Å²) in [6, 6.07) is 15.8. The van der Waals surface area contributed by atoms with Gasteiger partial charge in [-0.1, -0.05) is 65.9 Å². The third-order valence-electron chi connectivity index (χ3n) is 3.39. The van der Waals surface area contributed by atoms with E-state index in [4.69, 9.17) is 0 Å². The van der Waals surface area contributed by atoms with Crippen LogP contribution >= 0.6 is 0 Å². The maximum absolute atomic E-state index is 11.1. The van der Waals surface area contributed by atoms with Gasteiger partial charge in [-0.15, -0.1) is 0 Å². The molecule has 0 aliphatic heterocycles. The van der Waals surface area contributed by atoms with Crippen molar-refractivity contribution in [3.63, 3.8) is 0 Å². The minimum Gasteiger partial charge on any atom is -0.150 e. The molecule has 0 fully saturated rings. The summed E-state index contributed by atoms with van der Waals surface area (Å²) < 4.78 is 0. The largest absolute Gasteiger partial charge is 0.150 e. The van der Waals surface area contributed by atoms with Crippen molar-refractivity contribution in [3.8, 4) is 0 Å². The van der Waals surface area contributed by atoms with Gasteiger partial charge in [0.2, 0.25) is 0 Å². The van der Waals surface area contributed by atoms with Crippen LogP contribution in [0.3, 0.4) is 0 Å². The molecular weight excluding hydrogens is 222 g/mol. The van der Waals surface area contributed by atoms with Gasteiger partial charge in [0.05, 0.1) is 0 Å². The molecule has 0 saturated carbocycles. The molecule has 2 aromatic carbocycles. The molecule has 0 amide bonds. The molecule has 1 atom stereocenters. The molecule has 1 unspecified atom stereocenters. The van der Waals surface area contributed by atoms with E-state index in [-0.39, 0.29) is 6.04 Å². The summed E-state index contributed by atoms with van der Waals surface area (Å²) in [6.07, 6.45) is 4.84. The van der Waals surface area contributed by atoms with Crippen LogP contribution in [0.5, 0.6) is 0 Å². The van der Waals surface area contributed by atoms with E-state index < -0.39 is 0 Å². The van der Waals surface area contributed by atoms with E-state index in [0.29, 0.717) is 6.42 Å². The fourth-order valence-electron chi connectivity index (χ4n) is 2.44. The summed E-state index contributed by atoms with van der Waals surface area (Å²) in [5.74, 6) is 0. The maximum atomic E-state index is 11.1. The third kappa shape index (κ3) is 1.86. The average Bonchev–Trinajstić information content (AvgIpc) is 2.41. The van der Waals surface area contributed by atoms with Gasteiger partial charge in [-0.05, 0) is 22.3 Å². The van der Waals surface area contributed by atoms with Gasteiger partial charge in [0.25, 0.3) is 0 Å². The van der Waals surface area contributed by atoms with Crippen LogP contribution in [0.25, 0.3) is 12.2 Å². The molecule has 0 N–H and O–H groups in total. The van der Waals surface area contributed by atoms with Crippen LogP contribution < -0.4 is 0 Å². The first-order valence-electron chi connectivity index (χ1n) is 6.06. The van der Waals surface area contributed by atoms with Gasteiger partial charge in [0.15, 0.2) is 0 Å². The van der Waals surface area contributed by atoms with Crippen LogP contribution in [0.1, 0.15) is 28.3 Å². The summed E-state index contributed by atoms with van der Waals surface area (Å²) in [4.78, 5) is 11.1. The summed E-state index contributed by atoms with van der Waals surface area (Å²) in [6.45, 7) is 0. The van der Waals surface area contributed by atoms with Crippen LogP contribution in [-0.4, -0.2) is 0 Å². The predicted octanol–water partition coefficient (Wildman–Crippen LogP) is 4.22. The summed E-state index contributed by atoms with van der Waals surface area (Å²) in [5.41, 5.74) is 4.43. The Morgan fingerprint density at radius 2 is 1.56 bits per heavy atom. The molecule has 0 spiro atoms. The quantitative estimate of drug-likeness (QED) is 0.680. The molecule has 2 nitrogen and oxygen atoms in total. The van der Waals surface area contributed by atoms with Crippen molar-refractivity contribution in [3.05, 3.63) is 75.7 Å². The molecule has 0 heterocycles. The topological polar surface area (TPSA) is 29.4 Å². The number of fused-ring (bicyclic) bond motifs is 2. The van der Waals surface area contributed by atoms with Crippen molar-refractivity contribution in [2.24, 2.45) is 5.18 Å². The fourth-order valence-corrected chi connectivity index (χ4v) is 2.44. The van der Waals surface area contributed by atoms with Crippen LogP contribution in [0.4, 0.5) is 0 Å². The SMILES string of the molecule is O=NC1Cc2ccccc2/C=C\c2ccccc21. The highest BCUT2D eigenvalue weighted by atomic mass is 16.3. The molecule has 2 aromatic rings. The third-order valence-corrected chi connectivity index (χ3v) is 3.39. The lowest BCUT2D eigenvalue weighted by atomic mass is 9.90. The van der Waals surface area contributed by atoms with Gasteiger partial charge >= 0.3 is 0 Å². The molecule has 0 bridgehead atoms. The van der Waals surface area contributed by atoms with E-state index >= 15 is 0 Å². The Bertz CT molecular complexity index is 616. The number of rotatable bonds is 1. The summed E-state index contributed by atoms with van der Waals surface area (Å²) in [7, 11) is 0. The fraction of sp³-hybridized carbons (Fsp3) is 0.125. The van der Waals surface area contributed by atoms with Crippen molar-refractivity contribution >= 4 is 12.2 Å². The van der Waals surface area contributed by atoms with Gasteiger partial charge in [0.1, 0.15) is 6.04 Å². The number of hydrogen-bond donors (Lipinski definition) is 0. The van der Waals surface area contributed by atoms with Gasteiger partial charge < -0.3 is 0 Å². The van der Waals surface area contributed by atoms with E-state index in [2.05, 4.69) is 29.5 Å². The number of nitrogens with zero attached hydrogens (tertiary/aromatic N) is 1.